The topological polar surface area (TPSA) is 20.5 Å². The predicted molar refractivity (Wildman–Crippen MR) is 77.3 cm³/mol. The molecular weight excluding hydrogens is 236 g/mol. The van der Waals surface area contributed by atoms with Gasteiger partial charge in [-0.3, -0.25) is 0 Å². The third-order valence-electron chi connectivity index (χ3n) is 3.26. The van der Waals surface area contributed by atoms with Crippen molar-refractivity contribution in [3.05, 3.63) is 60.4 Å². The van der Waals surface area contributed by atoms with Gasteiger partial charge in [0, 0.05) is 5.39 Å². The number of hydrogen-bond donors (Lipinski definition) is 0. The van der Waals surface area contributed by atoms with Gasteiger partial charge in [0.05, 0.1) is 31.0 Å². The number of ether oxygens (including phenoxy) is 1. The molecule has 3 rings (SSSR count). The lowest BCUT2D eigenvalue weighted by molar-refractivity contribution is 0.415. The molecule has 1 heterocycles. The van der Waals surface area contributed by atoms with Crippen LogP contribution in [0.2, 0.25) is 0 Å². The van der Waals surface area contributed by atoms with Crippen LogP contribution in [0, 0.1) is 6.92 Å². The molecule has 0 aliphatic rings. The Morgan fingerprint density at radius 1 is 0.947 bits per heavy atom. The Labute approximate surface area is 112 Å². The number of methoxy groups -OCH3 is 1. The van der Waals surface area contributed by atoms with Crippen molar-refractivity contribution in [2.45, 2.75) is 6.92 Å². The second-order valence-electron chi connectivity index (χ2n) is 4.48. The molecule has 0 saturated carbocycles. The van der Waals surface area contributed by atoms with Crippen molar-refractivity contribution >= 4 is 10.8 Å². The molecule has 0 spiro atoms. The van der Waals surface area contributed by atoms with Crippen LogP contribution in [-0.2, 0) is 0 Å². The summed E-state index contributed by atoms with van der Waals surface area (Å²) in [6, 6.07) is 18.2. The second kappa shape index (κ2) is 4.73. The zero-order valence-electron chi connectivity index (χ0n) is 11.0. The normalized spacial score (nSPS) is 10.6. The van der Waals surface area contributed by atoms with E-state index >= 15 is 0 Å². The lowest BCUT2D eigenvalue weighted by Crippen LogP contribution is -1.85. The van der Waals surface area contributed by atoms with Crippen LogP contribution < -0.4 is 4.74 Å². The molecule has 0 saturated heterocycles. The van der Waals surface area contributed by atoms with E-state index in [0.717, 1.165) is 28.2 Å². The highest BCUT2D eigenvalue weighted by Crippen LogP contribution is 2.28. The molecule has 2 aromatic carbocycles. The molecule has 2 heteroatoms. The second-order valence-corrected chi connectivity index (χ2v) is 4.48. The third-order valence-corrected chi connectivity index (χ3v) is 3.26. The van der Waals surface area contributed by atoms with Gasteiger partial charge in [-0.05, 0) is 30.3 Å². The third kappa shape index (κ3) is 2.17. The molecule has 0 N–H and O–H groups in total. The van der Waals surface area contributed by atoms with Crippen molar-refractivity contribution in [3.63, 3.8) is 0 Å². The monoisotopic (exact) mass is 251 g/mol. The molecule has 0 bridgehead atoms. The maximum absolute atomic E-state index is 5.91. The van der Waals surface area contributed by atoms with Crippen molar-refractivity contribution in [3.8, 4) is 17.1 Å². The Kier molecular flexibility index (Phi) is 2.92. The summed E-state index contributed by atoms with van der Waals surface area (Å²) in [4.78, 5) is 0. The van der Waals surface area contributed by atoms with E-state index in [4.69, 9.17) is 9.15 Å². The largest absolute Gasteiger partial charge is 0.497 e. The highest BCUT2D eigenvalue weighted by molar-refractivity contribution is 5.86. The molecule has 0 fully saturated rings. The molecule has 0 atom stereocenters. The minimum absolute atomic E-state index is 0.848. The van der Waals surface area contributed by atoms with E-state index in [9.17, 15) is 0 Å². The number of fused-ring (bicyclic) bond motifs is 1. The Hall–Kier alpha value is -2.35. The van der Waals surface area contributed by atoms with E-state index in [0.29, 0.717) is 0 Å². The Morgan fingerprint density at radius 2 is 1.68 bits per heavy atom. The number of rotatable bonds is 2. The molecular formula is C17H15O2+. The van der Waals surface area contributed by atoms with Gasteiger partial charge >= 0.3 is 11.5 Å². The summed E-state index contributed by atoms with van der Waals surface area (Å²) in [6.45, 7) is 2.00. The number of benzene rings is 2. The Bertz CT molecular complexity index is 715. The van der Waals surface area contributed by atoms with Crippen LogP contribution in [0.4, 0.5) is 0 Å². The van der Waals surface area contributed by atoms with E-state index in [1.54, 1.807) is 7.11 Å². The van der Waals surface area contributed by atoms with Crippen molar-refractivity contribution in [2.24, 2.45) is 0 Å². The average molecular weight is 251 g/mol. The van der Waals surface area contributed by atoms with E-state index in [1.165, 1.54) is 5.39 Å². The van der Waals surface area contributed by atoms with Crippen LogP contribution in [-0.4, -0.2) is 7.11 Å². The molecule has 3 aromatic rings. The summed E-state index contributed by atoms with van der Waals surface area (Å²) in [5.74, 6) is 2.66. The van der Waals surface area contributed by atoms with Crippen LogP contribution >= 0.6 is 0 Å². The summed E-state index contributed by atoms with van der Waals surface area (Å²) >= 11 is 0. The smallest absolute Gasteiger partial charge is 0.360 e. The fourth-order valence-corrected chi connectivity index (χ4v) is 2.23. The summed E-state index contributed by atoms with van der Waals surface area (Å²) in [5.41, 5.74) is 1.05. The quantitative estimate of drug-likeness (QED) is 0.615. The van der Waals surface area contributed by atoms with E-state index in [2.05, 4.69) is 18.2 Å². The zero-order valence-corrected chi connectivity index (χ0v) is 11.0. The van der Waals surface area contributed by atoms with Crippen LogP contribution in [0.5, 0.6) is 5.75 Å². The van der Waals surface area contributed by atoms with Gasteiger partial charge in [0.15, 0.2) is 0 Å². The molecule has 1 aromatic heterocycles. The molecule has 0 unspecified atom stereocenters. The first-order valence-corrected chi connectivity index (χ1v) is 6.25. The minimum Gasteiger partial charge on any atom is -0.497 e. The van der Waals surface area contributed by atoms with Gasteiger partial charge in [-0.25, -0.2) is 4.42 Å². The number of aryl methyl sites for hydroxylation is 1. The Morgan fingerprint density at radius 3 is 2.42 bits per heavy atom. The fraction of sp³-hybridized carbons (Fsp3) is 0.118. The van der Waals surface area contributed by atoms with E-state index in [-0.39, 0.29) is 0 Å². The van der Waals surface area contributed by atoms with Crippen LogP contribution in [0.1, 0.15) is 5.76 Å². The highest BCUT2D eigenvalue weighted by Gasteiger charge is 2.16. The molecule has 0 aliphatic carbocycles. The van der Waals surface area contributed by atoms with Gasteiger partial charge in [0.25, 0.3) is 0 Å². The summed E-state index contributed by atoms with van der Waals surface area (Å²) in [5, 5.41) is 2.34. The van der Waals surface area contributed by atoms with E-state index in [1.807, 2.05) is 43.3 Å². The molecule has 0 aliphatic heterocycles. The molecule has 19 heavy (non-hydrogen) atoms. The van der Waals surface area contributed by atoms with Crippen molar-refractivity contribution < 1.29 is 9.15 Å². The number of hydrogen-bond acceptors (Lipinski definition) is 1. The molecule has 94 valence electrons. The van der Waals surface area contributed by atoms with Gasteiger partial charge in [-0.2, -0.15) is 0 Å². The van der Waals surface area contributed by atoms with Gasteiger partial charge < -0.3 is 4.74 Å². The van der Waals surface area contributed by atoms with Gasteiger partial charge in [-0.1, -0.05) is 18.2 Å². The van der Waals surface area contributed by atoms with Crippen molar-refractivity contribution in [1.29, 1.82) is 0 Å². The van der Waals surface area contributed by atoms with Crippen LogP contribution in [0.25, 0.3) is 22.1 Å². The summed E-state index contributed by atoms with van der Waals surface area (Å²) < 4.78 is 11.1. The maximum atomic E-state index is 5.91. The van der Waals surface area contributed by atoms with Crippen LogP contribution in [0.3, 0.4) is 0 Å². The first kappa shape index (κ1) is 11.7. The average Bonchev–Trinajstić information content (AvgIpc) is 2.47. The highest BCUT2D eigenvalue weighted by atomic mass is 16.5. The maximum Gasteiger partial charge on any atom is 0.360 e. The molecule has 0 amide bonds. The predicted octanol–water partition coefficient (Wildman–Crippen LogP) is 4.70. The summed E-state index contributed by atoms with van der Waals surface area (Å²) in [6.07, 6.45) is 0. The molecule has 2 nitrogen and oxygen atoms in total. The first-order valence-electron chi connectivity index (χ1n) is 6.25. The summed E-state index contributed by atoms with van der Waals surface area (Å²) in [7, 11) is 1.67. The van der Waals surface area contributed by atoms with Gasteiger partial charge in [0.1, 0.15) is 5.75 Å². The van der Waals surface area contributed by atoms with Crippen LogP contribution in [0.15, 0.2) is 59.0 Å². The minimum atomic E-state index is 0.848. The van der Waals surface area contributed by atoms with Crippen molar-refractivity contribution in [2.75, 3.05) is 7.11 Å². The van der Waals surface area contributed by atoms with E-state index < -0.39 is 0 Å². The lowest BCUT2D eigenvalue weighted by Gasteiger charge is -1.99. The SMILES string of the molecule is COc1ccc(-c2cc3ccccc3c(C)[o+]2)cc1. The Balaban J connectivity index is 2.14. The standard InChI is InChI=1S/C17H15O2/c1-12-16-6-4-3-5-14(16)11-17(19-12)13-7-9-15(18-2)10-8-13/h3-11H,1-2H3/q+1. The fourth-order valence-electron chi connectivity index (χ4n) is 2.23. The van der Waals surface area contributed by atoms with Gasteiger partial charge in [-0.15, -0.1) is 0 Å². The molecule has 0 radical (unpaired) electrons. The lowest BCUT2D eigenvalue weighted by atomic mass is 10.1. The first-order chi connectivity index (χ1) is 9.28. The van der Waals surface area contributed by atoms with Crippen molar-refractivity contribution in [1.82, 2.24) is 0 Å². The zero-order chi connectivity index (χ0) is 13.2. The van der Waals surface area contributed by atoms with Gasteiger partial charge in [0.2, 0.25) is 0 Å².